The van der Waals surface area contributed by atoms with Gasteiger partial charge in [0.15, 0.2) is 0 Å². The smallest absolute Gasteiger partial charge is 0.0255 e. The van der Waals surface area contributed by atoms with Crippen LogP contribution in [0.2, 0.25) is 0 Å². The summed E-state index contributed by atoms with van der Waals surface area (Å²) in [6.07, 6.45) is 14.0. The van der Waals surface area contributed by atoms with Crippen LogP contribution in [0.1, 0.15) is 64.2 Å². The minimum absolute atomic E-state index is 1.36. The van der Waals surface area contributed by atoms with Gasteiger partial charge in [-0.15, -0.1) is 0 Å². The van der Waals surface area contributed by atoms with Gasteiger partial charge >= 0.3 is 0 Å². The van der Waals surface area contributed by atoms with E-state index in [4.69, 9.17) is 0 Å². The summed E-state index contributed by atoms with van der Waals surface area (Å²) >= 11 is 5.21. The van der Waals surface area contributed by atoms with E-state index in [1.165, 1.54) is 64.2 Å². The minimum Gasteiger partial charge on any atom is -0.0558 e. The topological polar surface area (TPSA) is 0 Å². The average molecular weight is 442 g/mol. The maximum atomic E-state index is 2.60. The van der Waals surface area contributed by atoms with Crippen LogP contribution in [0.15, 0.2) is 18.3 Å². The van der Waals surface area contributed by atoms with Crippen LogP contribution in [0, 0.1) is 0 Å². The van der Waals surface area contributed by atoms with E-state index in [2.05, 4.69) is 45.2 Å². The fourth-order valence-electron chi connectivity index (χ4n) is 2.71. The van der Waals surface area contributed by atoms with Crippen molar-refractivity contribution >= 4 is 45.2 Å². The van der Waals surface area contributed by atoms with Crippen LogP contribution in [0.5, 0.6) is 0 Å². The Kier molecular flexibility index (Phi) is 5.65. The summed E-state index contributed by atoms with van der Waals surface area (Å²) in [5.41, 5.74) is 3.49. The molecule has 2 aliphatic carbocycles. The zero-order chi connectivity index (χ0) is 11.4. The summed E-state index contributed by atoms with van der Waals surface area (Å²) in [5, 5.41) is 0. The molecule has 0 aliphatic heterocycles. The second kappa shape index (κ2) is 6.76. The fraction of sp³-hybridized carbons (Fsp3) is 0.714. The third kappa shape index (κ3) is 3.47. The van der Waals surface area contributed by atoms with Crippen molar-refractivity contribution in [2.75, 3.05) is 0 Å². The Morgan fingerprint density at radius 2 is 0.875 bits per heavy atom. The Balaban J connectivity index is 2.15. The third-order valence-electron chi connectivity index (χ3n) is 3.73. The first-order valence-electron chi connectivity index (χ1n) is 6.54. The third-order valence-corrected chi connectivity index (χ3v) is 7.36. The van der Waals surface area contributed by atoms with Gasteiger partial charge in [-0.05, 0) is 96.5 Å². The van der Waals surface area contributed by atoms with Crippen LogP contribution in [0.3, 0.4) is 0 Å². The van der Waals surface area contributed by atoms with Crippen LogP contribution < -0.4 is 0 Å². The van der Waals surface area contributed by atoms with Crippen LogP contribution in [0.4, 0.5) is 0 Å². The molecule has 90 valence electrons. The molecule has 2 saturated carbocycles. The quantitative estimate of drug-likeness (QED) is 0.419. The van der Waals surface area contributed by atoms with Crippen molar-refractivity contribution in [1.82, 2.24) is 0 Å². The number of hydrogen-bond donors (Lipinski definition) is 0. The second-order valence-electron chi connectivity index (χ2n) is 4.96. The average Bonchev–Trinajstić information content (AvgIpc) is 2.39. The van der Waals surface area contributed by atoms with E-state index >= 15 is 0 Å². The molecule has 0 unspecified atom stereocenters. The van der Waals surface area contributed by atoms with E-state index in [0.717, 1.165) is 0 Å². The van der Waals surface area contributed by atoms with Gasteiger partial charge < -0.3 is 0 Å². The van der Waals surface area contributed by atoms with Crippen molar-refractivity contribution in [2.45, 2.75) is 64.2 Å². The van der Waals surface area contributed by atoms with Crippen LogP contribution in [0.25, 0.3) is 0 Å². The Hall–Kier alpha value is 0.940. The van der Waals surface area contributed by atoms with Gasteiger partial charge in [0.2, 0.25) is 0 Å². The first kappa shape index (κ1) is 13.4. The van der Waals surface area contributed by atoms with E-state index in [-0.39, 0.29) is 0 Å². The van der Waals surface area contributed by atoms with E-state index in [9.17, 15) is 0 Å². The van der Waals surface area contributed by atoms with Crippen molar-refractivity contribution in [2.24, 2.45) is 0 Å². The van der Waals surface area contributed by atoms with Crippen LogP contribution in [-0.2, 0) is 0 Å². The molecule has 0 heterocycles. The van der Waals surface area contributed by atoms with Crippen molar-refractivity contribution in [3.63, 3.8) is 0 Å². The molecule has 0 aromatic rings. The molecule has 0 spiro atoms. The van der Waals surface area contributed by atoms with Gasteiger partial charge in [-0.3, -0.25) is 0 Å². The molecule has 2 fully saturated rings. The number of halogens is 2. The molecule has 2 heteroatoms. The summed E-state index contributed by atoms with van der Waals surface area (Å²) < 4.78 is 3.21. The van der Waals surface area contributed by atoms with Gasteiger partial charge in [-0.1, -0.05) is 24.0 Å². The Bertz CT molecular complexity index is 265. The second-order valence-corrected chi connectivity index (χ2v) is 7.11. The fourth-order valence-corrected chi connectivity index (χ4v) is 4.55. The van der Waals surface area contributed by atoms with E-state index in [1.807, 2.05) is 0 Å². The van der Waals surface area contributed by atoms with Gasteiger partial charge in [-0.25, -0.2) is 0 Å². The monoisotopic (exact) mass is 442 g/mol. The zero-order valence-corrected chi connectivity index (χ0v) is 14.1. The molecule has 0 N–H and O–H groups in total. The summed E-state index contributed by atoms with van der Waals surface area (Å²) in [6.45, 7) is 0. The lowest BCUT2D eigenvalue weighted by Gasteiger charge is -2.20. The van der Waals surface area contributed by atoms with Gasteiger partial charge in [0.05, 0.1) is 0 Å². The molecule has 0 atom stereocenters. The molecule has 16 heavy (non-hydrogen) atoms. The minimum atomic E-state index is 1.36. The highest BCUT2D eigenvalue weighted by Gasteiger charge is 2.15. The Morgan fingerprint density at radius 1 is 0.562 bits per heavy atom. The van der Waals surface area contributed by atoms with Crippen LogP contribution >= 0.6 is 45.2 Å². The summed E-state index contributed by atoms with van der Waals surface area (Å²) in [5.74, 6) is 0. The standard InChI is InChI=1S/C14H20I2/c15-13(11-7-3-1-4-8-11)14(16)12-9-5-2-6-10-12/h1-10H2. The van der Waals surface area contributed by atoms with Crippen molar-refractivity contribution in [3.8, 4) is 0 Å². The largest absolute Gasteiger partial charge is 0.0558 e. The molecular weight excluding hydrogens is 422 g/mol. The van der Waals surface area contributed by atoms with E-state index < -0.39 is 0 Å². The van der Waals surface area contributed by atoms with E-state index in [1.54, 1.807) is 18.3 Å². The predicted molar refractivity (Wildman–Crippen MR) is 88.3 cm³/mol. The zero-order valence-electron chi connectivity index (χ0n) is 9.83. The van der Waals surface area contributed by atoms with Gasteiger partial charge in [0, 0.05) is 7.16 Å². The normalized spacial score (nSPS) is 22.1. The molecule has 0 saturated heterocycles. The molecule has 0 radical (unpaired) electrons. The van der Waals surface area contributed by atoms with Gasteiger partial charge in [0.25, 0.3) is 0 Å². The molecule has 0 amide bonds. The summed E-state index contributed by atoms with van der Waals surface area (Å²) in [7, 11) is 0. The molecule has 0 nitrogen and oxygen atoms in total. The highest BCUT2D eigenvalue weighted by Crippen LogP contribution is 2.39. The van der Waals surface area contributed by atoms with Crippen molar-refractivity contribution < 1.29 is 0 Å². The lowest BCUT2D eigenvalue weighted by Crippen LogP contribution is -1.99. The lowest BCUT2D eigenvalue weighted by atomic mass is 9.92. The van der Waals surface area contributed by atoms with Gasteiger partial charge in [0.1, 0.15) is 0 Å². The van der Waals surface area contributed by atoms with Crippen molar-refractivity contribution in [3.05, 3.63) is 18.3 Å². The van der Waals surface area contributed by atoms with Crippen molar-refractivity contribution in [1.29, 1.82) is 0 Å². The number of hydrogen-bond acceptors (Lipinski definition) is 0. The van der Waals surface area contributed by atoms with Crippen LogP contribution in [-0.4, -0.2) is 0 Å². The molecule has 0 aromatic carbocycles. The van der Waals surface area contributed by atoms with Gasteiger partial charge in [-0.2, -0.15) is 0 Å². The highest BCUT2D eigenvalue weighted by atomic mass is 127. The molecule has 0 bridgehead atoms. The molecular formula is C14H20I2. The lowest BCUT2D eigenvalue weighted by molar-refractivity contribution is 0.593. The highest BCUT2D eigenvalue weighted by molar-refractivity contribution is 14.1. The SMILES string of the molecule is IC(=C1CCCCC1)C(I)=C1CCCCC1. The molecule has 2 rings (SSSR count). The summed E-state index contributed by atoms with van der Waals surface area (Å²) in [4.78, 5) is 0. The first-order valence-corrected chi connectivity index (χ1v) is 8.70. The maximum Gasteiger partial charge on any atom is 0.0255 e. The summed E-state index contributed by atoms with van der Waals surface area (Å²) in [6, 6.07) is 0. The first-order chi connectivity index (χ1) is 7.79. The Labute approximate surface area is 127 Å². The Morgan fingerprint density at radius 3 is 1.19 bits per heavy atom. The van der Waals surface area contributed by atoms with E-state index in [0.29, 0.717) is 0 Å². The molecule has 2 aliphatic rings. The predicted octanol–water partition coefficient (Wildman–Crippen LogP) is 6.29. The number of rotatable bonds is 1. The maximum absolute atomic E-state index is 2.60. The number of allylic oxidation sites excluding steroid dienone is 4. The molecule has 0 aromatic heterocycles.